The normalized spacial score (nSPS) is 15.7. The first-order valence-corrected chi connectivity index (χ1v) is 14.2. The van der Waals surface area contributed by atoms with Gasteiger partial charge in [-0.25, -0.2) is 4.79 Å². The zero-order chi connectivity index (χ0) is 30.2. The summed E-state index contributed by atoms with van der Waals surface area (Å²) >= 11 is 0. The quantitative estimate of drug-likeness (QED) is 0.107. The van der Waals surface area contributed by atoms with E-state index in [0.717, 1.165) is 38.1 Å². The monoisotopic (exact) mass is 560 g/mol. The minimum absolute atomic E-state index is 0.168. The van der Waals surface area contributed by atoms with Gasteiger partial charge < -0.3 is 14.0 Å². The van der Waals surface area contributed by atoms with Gasteiger partial charge in [0, 0.05) is 24.2 Å². The first-order valence-electron chi connectivity index (χ1n) is 14.2. The number of hydrogen-bond acceptors (Lipinski definition) is 6. The van der Waals surface area contributed by atoms with Crippen LogP contribution in [0.15, 0.2) is 78.9 Å². The van der Waals surface area contributed by atoms with Crippen molar-refractivity contribution in [2.45, 2.75) is 65.5 Å². The van der Waals surface area contributed by atoms with Crippen molar-refractivity contribution in [3.8, 4) is 6.07 Å². The Bertz CT molecular complexity index is 1660. The van der Waals surface area contributed by atoms with Crippen LogP contribution in [-0.2, 0) is 38.5 Å². The molecule has 0 radical (unpaired) electrons. The molecular weight excluding hydrogens is 523 g/mol. The zero-order valence-corrected chi connectivity index (χ0v) is 25.3. The summed E-state index contributed by atoms with van der Waals surface area (Å²) in [5.74, 6) is -0.399. The van der Waals surface area contributed by atoms with Gasteiger partial charge in [-0.2, -0.15) is 5.26 Å². The maximum atomic E-state index is 12.2. The fourth-order valence-electron chi connectivity index (χ4n) is 5.52. The van der Waals surface area contributed by atoms with Crippen molar-refractivity contribution in [3.63, 3.8) is 0 Å². The molecule has 1 aliphatic heterocycles. The van der Waals surface area contributed by atoms with E-state index in [4.69, 9.17) is 14.0 Å². The summed E-state index contributed by atoms with van der Waals surface area (Å²) in [6.45, 7) is 15.0. The summed E-state index contributed by atoms with van der Waals surface area (Å²) in [6, 6.07) is 24.5. The Balaban J connectivity index is 1.51. The maximum Gasteiger partial charge on any atom is 0.495 e. The van der Waals surface area contributed by atoms with Crippen LogP contribution in [0, 0.1) is 11.3 Å². The smallest absolute Gasteiger partial charge is 0.457 e. The molecule has 1 fully saturated rings. The topological polar surface area (TPSA) is 71.8 Å². The summed E-state index contributed by atoms with van der Waals surface area (Å²) in [5, 5.41) is 14.0. The van der Waals surface area contributed by atoms with Crippen LogP contribution in [0.4, 0.5) is 0 Å². The molecule has 0 unspecified atom stereocenters. The fourth-order valence-corrected chi connectivity index (χ4v) is 5.52. The minimum atomic E-state index is -0.519. The van der Waals surface area contributed by atoms with Crippen LogP contribution >= 0.6 is 0 Å². The summed E-state index contributed by atoms with van der Waals surface area (Å²) < 4.78 is 18.4. The number of benzene rings is 4. The third kappa shape index (κ3) is 5.58. The zero-order valence-electron chi connectivity index (χ0n) is 25.3. The number of esters is 1. The highest BCUT2D eigenvalue weighted by molar-refractivity contribution is 6.62. The number of hydrogen-bond donors (Lipinski definition) is 0. The summed E-state index contributed by atoms with van der Waals surface area (Å²) in [6.07, 6.45) is 0. The summed E-state index contributed by atoms with van der Waals surface area (Å²) in [5.41, 5.74) is 4.14. The predicted octanol–water partition coefficient (Wildman–Crippen LogP) is 6.42. The average Bonchev–Trinajstić information content (AvgIpc) is 3.18. The van der Waals surface area contributed by atoms with Gasteiger partial charge in [-0.3, -0.25) is 4.90 Å². The van der Waals surface area contributed by atoms with Gasteiger partial charge in [0.2, 0.25) is 0 Å². The highest BCUT2D eigenvalue weighted by atomic mass is 16.7. The van der Waals surface area contributed by atoms with Gasteiger partial charge >= 0.3 is 13.1 Å². The van der Waals surface area contributed by atoms with Crippen LogP contribution < -0.4 is 5.46 Å². The molecule has 0 amide bonds. The van der Waals surface area contributed by atoms with Crippen LogP contribution in [0.5, 0.6) is 0 Å². The lowest BCUT2D eigenvalue weighted by Crippen LogP contribution is -2.41. The Hall–Kier alpha value is -3.96. The van der Waals surface area contributed by atoms with E-state index in [9.17, 15) is 10.1 Å². The number of carbonyl (C=O) groups is 1. The van der Waals surface area contributed by atoms with E-state index in [0.29, 0.717) is 24.2 Å². The lowest BCUT2D eigenvalue weighted by molar-refractivity contribution is -0.140. The predicted molar refractivity (Wildman–Crippen MR) is 168 cm³/mol. The van der Waals surface area contributed by atoms with Crippen molar-refractivity contribution in [1.82, 2.24) is 4.90 Å². The number of ether oxygens (including phenoxy) is 1. The van der Waals surface area contributed by atoms with Crippen molar-refractivity contribution in [3.05, 3.63) is 101 Å². The molecule has 1 saturated heterocycles. The summed E-state index contributed by atoms with van der Waals surface area (Å²) in [4.78, 5) is 14.5. The van der Waals surface area contributed by atoms with Crippen LogP contribution in [0.2, 0.25) is 0 Å². The molecular formula is C35H37BN2O4. The molecule has 42 heavy (non-hydrogen) atoms. The highest BCUT2D eigenvalue weighted by Crippen LogP contribution is 2.37. The van der Waals surface area contributed by atoms with Crippen LogP contribution in [-0.4, -0.2) is 36.2 Å². The van der Waals surface area contributed by atoms with Gasteiger partial charge in [0.1, 0.15) is 6.61 Å². The number of fused-ring (bicyclic) bond motifs is 2. The Morgan fingerprint density at radius 2 is 1.43 bits per heavy atom. The maximum absolute atomic E-state index is 12.2. The van der Waals surface area contributed by atoms with Gasteiger partial charge in [-0.1, -0.05) is 61.2 Å². The fraction of sp³-hybridized carbons (Fsp3) is 0.314. The van der Waals surface area contributed by atoms with E-state index in [1.54, 1.807) is 6.92 Å². The van der Waals surface area contributed by atoms with Gasteiger partial charge in [-0.15, -0.1) is 0 Å². The van der Waals surface area contributed by atoms with Gasteiger partial charge in [0.05, 0.1) is 22.8 Å². The van der Waals surface area contributed by atoms with Gasteiger partial charge in [0.25, 0.3) is 0 Å². The Labute approximate surface area is 248 Å². The number of nitrogens with zero attached hydrogens (tertiary/aromatic N) is 2. The Morgan fingerprint density at radius 1 is 0.905 bits per heavy atom. The molecule has 0 atom stereocenters. The molecule has 5 rings (SSSR count). The van der Waals surface area contributed by atoms with Crippen LogP contribution in [0.3, 0.4) is 0 Å². The molecule has 0 aliphatic carbocycles. The molecule has 214 valence electrons. The van der Waals surface area contributed by atoms with E-state index < -0.39 is 24.3 Å². The first kappa shape index (κ1) is 29.5. The van der Waals surface area contributed by atoms with E-state index in [1.165, 1.54) is 5.56 Å². The lowest BCUT2D eigenvalue weighted by Gasteiger charge is -2.32. The number of carbonyl (C=O) groups excluding carboxylic acids is 1. The van der Waals surface area contributed by atoms with E-state index >= 15 is 0 Å². The van der Waals surface area contributed by atoms with E-state index in [1.807, 2.05) is 70.2 Å². The third-order valence-corrected chi connectivity index (χ3v) is 8.50. The number of nitriles is 1. The van der Waals surface area contributed by atoms with Crippen molar-refractivity contribution in [2.24, 2.45) is 0 Å². The second-order valence-electron chi connectivity index (χ2n) is 12.2. The van der Waals surface area contributed by atoms with Crippen molar-refractivity contribution in [2.75, 3.05) is 7.05 Å². The molecule has 4 aromatic carbocycles. The van der Waals surface area contributed by atoms with Gasteiger partial charge in [0.15, 0.2) is 0 Å². The molecule has 6 nitrogen and oxygen atoms in total. The first-order chi connectivity index (χ1) is 19.9. The SMILES string of the molecule is C=C(C)C(=O)OCc1c2ccccc2c(CN(C)Cc2cc(C#N)ccc2B2OC(C)(C)C(C)(C)O2)c2ccccc12. The summed E-state index contributed by atoms with van der Waals surface area (Å²) in [7, 11) is 1.56. The Morgan fingerprint density at radius 3 is 1.93 bits per heavy atom. The molecule has 0 aromatic heterocycles. The molecule has 1 aliphatic rings. The minimum Gasteiger partial charge on any atom is -0.457 e. The van der Waals surface area contributed by atoms with Crippen molar-refractivity contribution >= 4 is 40.1 Å². The van der Waals surface area contributed by atoms with E-state index in [-0.39, 0.29) is 6.61 Å². The molecule has 0 saturated carbocycles. The number of rotatable bonds is 8. The van der Waals surface area contributed by atoms with Crippen LogP contribution in [0.1, 0.15) is 56.9 Å². The lowest BCUT2D eigenvalue weighted by atomic mass is 9.75. The molecule has 1 heterocycles. The molecule has 0 N–H and O–H groups in total. The third-order valence-electron chi connectivity index (χ3n) is 8.50. The largest absolute Gasteiger partial charge is 0.495 e. The molecule has 0 spiro atoms. The van der Waals surface area contributed by atoms with Crippen molar-refractivity contribution < 1.29 is 18.8 Å². The van der Waals surface area contributed by atoms with Crippen molar-refractivity contribution in [1.29, 1.82) is 5.26 Å². The second kappa shape index (κ2) is 11.4. The standard InChI is InChI=1S/C35H37BN2O4/c1-23(2)33(39)40-22-31-28-14-10-8-12-26(28)30(27-13-9-11-15-29(27)31)21-38(7)20-25-18-24(19-37)16-17-32(25)36-41-34(3,4)35(5,6)42-36/h8-18H,1,20-22H2,2-7H3. The van der Waals surface area contributed by atoms with E-state index in [2.05, 4.69) is 48.9 Å². The molecule has 4 aromatic rings. The second-order valence-corrected chi connectivity index (χ2v) is 12.2. The molecule has 7 heteroatoms. The van der Waals surface area contributed by atoms with Gasteiger partial charge in [-0.05, 0) is 91.9 Å². The highest BCUT2D eigenvalue weighted by Gasteiger charge is 2.52. The van der Waals surface area contributed by atoms with Crippen LogP contribution in [0.25, 0.3) is 21.5 Å². The Kier molecular flexibility index (Phi) is 8.00. The average molecular weight is 561 g/mol. The molecule has 0 bridgehead atoms.